The van der Waals surface area contributed by atoms with Gasteiger partial charge in [0.15, 0.2) is 0 Å². The van der Waals surface area contributed by atoms with Crippen molar-refractivity contribution < 1.29 is 9.90 Å². The summed E-state index contributed by atoms with van der Waals surface area (Å²) in [4.78, 5) is 17.0. The number of nitrogen functional groups attached to an aromatic ring is 1. The molecule has 0 saturated heterocycles. The number of likely N-dealkylation sites (N-methyl/N-ethyl adjacent to an activating group) is 1. The number of nitrogens with two attached hydrogens (primary N) is 1. The topological polar surface area (TPSA) is 79.5 Å². The summed E-state index contributed by atoms with van der Waals surface area (Å²) in [5.41, 5.74) is 5.79. The van der Waals surface area contributed by atoms with Crippen molar-refractivity contribution in [3.8, 4) is 0 Å². The Morgan fingerprint density at radius 3 is 2.88 bits per heavy atom. The molecule has 0 aliphatic rings. The molecule has 0 saturated carbocycles. The molecule has 6 heteroatoms. The molecule has 0 aliphatic heterocycles. The molecule has 0 aromatic carbocycles. The molecule has 3 N–H and O–H groups in total. The summed E-state index contributed by atoms with van der Waals surface area (Å²) in [6.07, 6.45) is 0.786. The van der Waals surface area contributed by atoms with E-state index >= 15 is 0 Å². The van der Waals surface area contributed by atoms with Gasteiger partial charge in [-0.25, -0.2) is 4.98 Å². The number of carbonyl (C=O) groups is 1. The van der Waals surface area contributed by atoms with Gasteiger partial charge in [0, 0.05) is 19.8 Å². The highest BCUT2D eigenvalue weighted by Crippen LogP contribution is 2.17. The van der Waals surface area contributed by atoms with Crippen molar-refractivity contribution in [3.63, 3.8) is 0 Å². The van der Waals surface area contributed by atoms with Crippen LogP contribution < -0.4 is 5.73 Å². The second-order valence-electron chi connectivity index (χ2n) is 3.63. The molecule has 0 aliphatic carbocycles. The maximum absolute atomic E-state index is 11.8. The molecule has 1 aromatic rings. The van der Waals surface area contributed by atoms with E-state index in [1.165, 1.54) is 17.2 Å². The van der Waals surface area contributed by atoms with E-state index in [-0.39, 0.29) is 23.3 Å². The van der Waals surface area contributed by atoms with Crippen molar-refractivity contribution in [1.82, 2.24) is 9.88 Å². The molecule has 1 rings (SSSR count). The Hall–Kier alpha value is -1.33. The Bertz CT molecular complexity index is 396. The number of aliphatic hydroxyl groups is 1. The summed E-state index contributed by atoms with van der Waals surface area (Å²) in [7, 11) is 1.60. The van der Waals surface area contributed by atoms with Crippen LogP contribution in [0.15, 0.2) is 12.3 Å². The fourth-order valence-electron chi connectivity index (χ4n) is 1.27. The standard InChI is InChI=1S/C10H14ClN3O2/c1-6(15)5-14(2)10(16)7-3-8(11)9(12)13-4-7/h3-4,6,15H,5H2,1-2H3,(H2,12,13). The van der Waals surface area contributed by atoms with Crippen LogP contribution in [0, 0.1) is 0 Å². The highest BCUT2D eigenvalue weighted by molar-refractivity contribution is 6.33. The molecule has 16 heavy (non-hydrogen) atoms. The van der Waals surface area contributed by atoms with Crippen molar-refractivity contribution in [1.29, 1.82) is 0 Å². The van der Waals surface area contributed by atoms with Crippen LogP contribution in [0.5, 0.6) is 0 Å². The lowest BCUT2D eigenvalue weighted by Crippen LogP contribution is -2.33. The number of aromatic nitrogens is 1. The van der Waals surface area contributed by atoms with Gasteiger partial charge in [-0.3, -0.25) is 4.79 Å². The minimum absolute atomic E-state index is 0.191. The fraction of sp³-hybridized carbons (Fsp3) is 0.400. The number of rotatable bonds is 3. The zero-order valence-corrected chi connectivity index (χ0v) is 9.90. The van der Waals surface area contributed by atoms with Crippen LogP contribution in [0.4, 0.5) is 5.82 Å². The number of anilines is 1. The first kappa shape index (κ1) is 12.7. The van der Waals surface area contributed by atoms with Gasteiger partial charge in [-0.15, -0.1) is 0 Å². The zero-order chi connectivity index (χ0) is 12.3. The number of halogens is 1. The van der Waals surface area contributed by atoms with Gasteiger partial charge in [-0.2, -0.15) is 0 Å². The Morgan fingerprint density at radius 1 is 1.75 bits per heavy atom. The smallest absolute Gasteiger partial charge is 0.255 e. The Labute approximate surface area is 98.8 Å². The Balaban J connectivity index is 2.84. The number of hydrogen-bond acceptors (Lipinski definition) is 4. The van der Waals surface area contributed by atoms with Crippen molar-refractivity contribution in [2.24, 2.45) is 0 Å². The van der Waals surface area contributed by atoms with Crippen molar-refractivity contribution in [3.05, 3.63) is 22.8 Å². The summed E-state index contributed by atoms with van der Waals surface area (Å²) in [6, 6.07) is 1.46. The van der Waals surface area contributed by atoms with Crippen LogP contribution in [0.3, 0.4) is 0 Å². The fourth-order valence-corrected chi connectivity index (χ4v) is 1.43. The number of aliphatic hydroxyl groups excluding tert-OH is 1. The van der Waals surface area contributed by atoms with Gasteiger partial charge in [0.1, 0.15) is 5.82 Å². The minimum atomic E-state index is -0.578. The first-order valence-electron chi connectivity index (χ1n) is 4.76. The molecule has 1 heterocycles. The molecule has 1 unspecified atom stereocenters. The summed E-state index contributed by atoms with van der Waals surface area (Å²) >= 11 is 5.76. The van der Waals surface area contributed by atoms with Crippen LogP contribution in [-0.2, 0) is 0 Å². The Kier molecular flexibility index (Phi) is 4.09. The molecule has 88 valence electrons. The van der Waals surface area contributed by atoms with E-state index in [4.69, 9.17) is 22.4 Å². The number of pyridine rings is 1. The lowest BCUT2D eigenvalue weighted by atomic mass is 10.2. The first-order valence-corrected chi connectivity index (χ1v) is 5.14. The molecule has 0 fully saturated rings. The van der Waals surface area contributed by atoms with Gasteiger partial charge >= 0.3 is 0 Å². The largest absolute Gasteiger partial charge is 0.392 e. The van der Waals surface area contributed by atoms with Crippen LogP contribution >= 0.6 is 11.6 Å². The average Bonchev–Trinajstić information content (AvgIpc) is 2.20. The van der Waals surface area contributed by atoms with E-state index in [9.17, 15) is 4.79 Å². The number of hydrogen-bond donors (Lipinski definition) is 2. The lowest BCUT2D eigenvalue weighted by molar-refractivity contribution is 0.0703. The van der Waals surface area contributed by atoms with Crippen LogP contribution in [-0.4, -0.2) is 40.6 Å². The number of amides is 1. The third kappa shape index (κ3) is 3.08. The van der Waals surface area contributed by atoms with Crippen LogP contribution in [0.1, 0.15) is 17.3 Å². The van der Waals surface area contributed by atoms with Gasteiger partial charge in [-0.05, 0) is 13.0 Å². The highest BCUT2D eigenvalue weighted by atomic mass is 35.5. The van der Waals surface area contributed by atoms with Gasteiger partial charge in [0.05, 0.1) is 16.7 Å². The summed E-state index contributed by atoms with van der Waals surface area (Å²) < 4.78 is 0. The SMILES string of the molecule is CC(O)CN(C)C(=O)c1cnc(N)c(Cl)c1. The van der Waals surface area contributed by atoms with Crippen LogP contribution in [0.25, 0.3) is 0 Å². The molecule has 1 atom stereocenters. The van der Waals surface area contributed by atoms with E-state index in [2.05, 4.69) is 4.98 Å². The summed E-state index contributed by atoms with van der Waals surface area (Å²) in [6.45, 7) is 1.86. The number of nitrogens with zero attached hydrogens (tertiary/aromatic N) is 2. The lowest BCUT2D eigenvalue weighted by Gasteiger charge is -2.18. The normalized spacial score (nSPS) is 12.2. The number of carbonyl (C=O) groups excluding carboxylic acids is 1. The second kappa shape index (κ2) is 5.14. The monoisotopic (exact) mass is 243 g/mol. The maximum atomic E-state index is 11.8. The molecule has 5 nitrogen and oxygen atoms in total. The van der Waals surface area contributed by atoms with Gasteiger partial charge < -0.3 is 15.7 Å². The summed E-state index contributed by atoms with van der Waals surface area (Å²) in [5.74, 6) is -0.0632. The van der Waals surface area contributed by atoms with Crippen molar-refractivity contribution >= 4 is 23.3 Å². The third-order valence-corrected chi connectivity index (χ3v) is 2.30. The summed E-state index contributed by atoms with van der Waals surface area (Å²) in [5, 5.41) is 9.41. The first-order chi connectivity index (χ1) is 7.41. The maximum Gasteiger partial charge on any atom is 0.255 e. The molecule has 0 bridgehead atoms. The van der Waals surface area contributed by atoms with Gasteiger partial charge in [0.2, 0.25) is 0 Å². The molecular weight excluding hydrogens is 230 g/mol. The third-order valence-electron chi connectivity index (χ3n) is 2.00. The molecule has 0 spiro atoms. The second-order valence-corrected chi connectivity index (χ2v) is 4.03. The van der Waals surface area contributed by atoms with Crippen molar-refractivity contribution in [2.45, 2.75) is 13.0 Å². The Morgan fingerprint density at radius 2 is 2.38 bits per heavy atom. The van der Waals surface area contributed by atoms with E-state index in [0.29, 0.717) is 5.56 Å². The molecule has 1 aromatic heterocycles. The van der Waals surface area contributed by atoms with Gasteiger partial charge in [-0.1, -0.05) is 11.6 Å². The average molecular weight is 244 g/mol. The predicted octanol–water partition coefficient (Wildman–Crippen LogP) is 0.770. The van der Waals surface area contributed by atoms with Crippen LogP contribution in [0.2, 0.25) is 5.02 Å². The zero-order valence-electron chi connectivity index (χ0n) is 9.14. The van der Waals surface area contributed by atoms with E-state index < -0.39 is 6.10 Å². The molecule has 0 radical (unpaired) electrons. The predicted molar refractivity (Wildman–Crippen MR) is 62.3 cm³/mol. The van der Waals surface area contributed by atoms with E-state index in [1.54, 1.807) is 14.0 Å². The van der Waals surface area contributed by atoms with Gasteiger partial charge in [0.25, 0.3) is 5.91 Å². The minimum Gasteiger partial charge on any atom is -0.392 e. The van der Waals surface area contributed by atoms with E-state index in [1.807, 2.05) is 0 Å². The highest BCUT2D eigenvalue weighted by Gasteiger charge is 2.14. The molecule has 1 amide bonds. The molecular formula is C10H14ClN3O2. The van der Waals surface area contributed by atoms with E-state index in [0.717, 1.165) is 0 Å². The quantitative estimate of drug-likeness (QED) is 0.822. The van der Waals surface area contributed by atoms with Crippen molar-refractivity contribution in [2.75, 3.05) is 19.3 Å².